The summed E-state index contributed by atoms with van der Waals surface area (Å²) >= 11 is 0. The molecule has 2 nitrogen and oxygen atoms in total. The summed E-state index contributed by atoms with van der Waals surface area (Å²) in [5, 5.41) is 21.4. The maximum atomic E-state index is 11.2. The van der Waals surface area contributed by atoms with Crippen molar-refractivity contribution in [3.8, 4) is 0 Å². The van der Waals surface area contributed by atoms with Crippen molar-refractivity contribution in [2.75, 3.05) is 0 Å². The van der Waals surface area contributed by atoms with E-state index in [1.54, 1.807) is 0 Å². The fraction of sp³-hybridized carbons (Fsp3) is 1.00. The molecule has 0 aromatic heterocycles. The lowest BCUT2D eigenvalue weighted by Gasteiger charge is -2.62. The van der Waals surface area contributed by atoms with Crippen molar-refractivity contribution in [3.05, 3.63) is 0 Å². The molecule has 0 radical (unpaired) electrons. The zero-order chi connectivity index (χ0) is 18.0. The number of hydrogen-bond donors (Lipinski definition) is 2. The van der Waals surface area contributed by atoms with Gasteiger partial charge in [-0.2, -0.15) is 0 Å². The van der Waals surface area contributed by atoms with Crippen LogP contribution >= 0.6 is 0 Å². The molecule has 144 valence electrons. The molecule has 0 spiro atoms. The third-order valence-electron chi connectivity index (χ3n) is 10.1. The van der Waals surface area contributed by atoms with Gasteiger partial charge in [0.2, 0.25) is 0 Å². The molecule has 0 heterocycles. The van der Waals surface area contributed by atoms with E-state index < -0.39 is 0 Å². The van der Waals surface area contributed by atoms with E-state index in [4.69, 9.17) is 0 Å². The van der Waals surface area contributed by atoms with E-state index in [9.17, 15) is 10.2 Å². The molecule has 2 heteroatoms. The maximum Gasteiger partial charge on any atom is 0.0577 e. The van der Waals surface area contributed by atoms with E-state index in [1.165, 1.54) is 38.5 Å². The summed E-state index contributed by atoms with van der Waals surface area (Å²) in [4.78, 5) is 0. The van der Waals surface area contributed by atoms with Crippen molar-refractivity contribution in [3.63, 3.8) is 0 Å². The highest BCUT2D eigenvalue weighted by atomic mass is 16.3. The molecule has 0 saturated heterocycles. The second-order valence-corrected chi connectivity index (χ2v) is 10.8. The van der Waals surface area contributed by atoms with E-state index in [2.05, 4.69) is 27.7 Å². The molecule has 0 aromatic rings. The van der Waals surface area contributed by atoms with Crippen LogP contribution in [0.1, 0.15) is 85.5 Å². The minimum Gasteiger partial charge on any atom is -0.393 e. The largest absolute Gasteiger partial charge is 0.393 e. The lowest BCUT2D eigenvalue weighted by molar-refractivity contribution is -0.174. The predicted molar refractivity (Wildman–Crippen MR) is 102 cm³/mol. The zero-order valence-corrected chi connectivity index (χ0v) is 16.9. The monoisotopic (exact) mass is 348 g/mol. The molecule has 4 fully saturated rings. The first kappa shape index (κ1) is 18.3. The van der Waals surface area contributed by atoms with Crippen LogP contribution in [0.5, 0.6) is 0 Å². The van der Waals surface area contributed by atoms with Gasteiger partial charge in [-0.15, -0.1) is 0 Å². The van der Waals surface area contributed by atoms with Crippen molar-refractivity contribution < 1.29 is 10.2 Å². The standard InChI is InChI=1S/C23H40O2/c1-5-14(2)17-6-7-18-21-19(9-11-23(17,18)4)22(3)10-8-16(24)12-15(22)13-20(21)25/h14-21,24-25H,5-13H2,1-4H3/t14-,15+,16-,17-,18?,19?,20-,21+,22+,23-/m1/s1. The fourth-order valence-electron chi connectivity index (χ4n) is 8.46. The number of aliphatic hydroxyl groups excluding tert-OH is 2. The van der Waals surface area contributed by atoms with Crippen LogP contribution in [-0.2, 0) is 0 Å². The van der Waals surface area contributed by atoms with Crippen LogP contribution in [0.2, 0.25) is 0 Å². The quantitative estimate of drug-likeness (QED) is 0.735. The van der Waals surface area contributed by atoms with Gasteiger partial charge in [-0.3, -0.25) is 0 Å². The van der Waals surface area contributed by atoms with Gasteiger partial charge in [0.25, 0.3) is 0 Å². The molecular weight excluding hydrogens is 308 g/mol. The number of fused-ring (bicyclic) bond motifs is 5. The highest BCUT2D eigenvalue weighted by Crippen LogP contribution is 2.68. The van der Waals surface area contributed by atoms with Gasteiger partial charge >= 0.3 is 0 Å². The third kappa shape index (κ3) is 2.57. The summed E-state index contributed by atoms with van der Waals surface area (Å²) in [5.41, 5.74) is 0.813. The van der Waals surface area contributed by atoms with E-state index >= 15 is 0 Å². The Balaban J connectivity index is 1.63. The Hall–Kier alpha value is -0.0800. The van der Waals surface area contributed by atoms with Gasteiger partial charge in [0.1, 0.15) is 0 Å². The molecule has 2 unspecified atom stereocenters. The van der Waals surface area contributed by atoms with Crippen molar-refractivity contribution >= 4 is 0 Å². The average Bonchev–Trinajstić information content (AvgIpc) is 2.93. The third-order valence-corrected chi connectivity index (χ3v) is 10.1. The fourth-order valence-corrected chi connectivity index (χ4v) is 8.46. The van der Waals surface area contributed by atoms with Crippen LogP contribution in [0.3, 0.4) is 0 Å². The lowest BCUT2D eigenvalue weighted by Crippen LogP contribution is -2.58. The molecule has 4 saturated carbocycles. The maximum absolute atomic E-state index is 11.2. The van der Waals surface area contributed by atoms with Gasteiger partial charge in [-0.05, 0) is 97.7 Å². The molecule has 4 rings (SSSR count). The summed E-state index contributed by atoms with van der Waals surface area (Å²) in [6, 6.07) is 0. The summed E-state index contributed by atoms with van der Waals surface area (Å²) in [6.45, 7) is 9.89. The van der Waals surface area contributed by atoms with Gasteiger partial charge in [-0.1, -0.05) is 34.1 Å². The molecule has 0 bridgehead atoms. The molecule has 25 heavy (non-hydrogen) atoms. The first-order valence-electron chi connectivity index (χ1n) is 11.2. The van der Waals surface area contributed by atoms with Crippen LogP contribution in [0.4, 0.5) is 0 Å². The summed E-state index contributed by atoms with van der Waals surface area (Å²) in [6.07, 6.45) is 10.4. The lowest BCUT2D eigenvalue weighted by atomic mass is 9.43. The van der Waals surface area contributed by atoms with E-state index in [1.807, 2.05) is 0 Å². The molecule has 0 aromatic carbocycles. The average molecular weight is 349 g/mol. The van der Waals surface area contributed by atoms with Crippen LogP contribution in [-0.4, -0.2) is 22.4 Å². The summed E-state index contributed by atoms with van der Waals surface area (Å²) in [7, 11) is 0. The molecule has 4 aliphatic rings. The second-order valence-electron chi connectivity index (χ2n) is 10.8. The smallest absolute Gasteiger partial charge is 0.0577 e. The minimum absolute atomic E-state index is 0.128. The second kappa shape index (κ2) is 6.23. The molecular formula is C23H40O2. The number of aliphatic hydroxyl groups is 2. The topological polar surface area (TPSA) is 40.5 Å². The molecule has 4 aliphatic carbocycles. The Morgan fingerprint density at radius 3 is 2.32 bits per heavy atom. The predicted octanol–water partition coefficient (Wildman–Crippen LogP) is 5.02. The molecule has 0 amide bonds. The van der Waals surface area contributed by atoms with Crippen LogP contribution in [0, 0.1) is 46.3 Å². The van der Waals surface area contributed by atoms with Gasteiger partial charge in [0.15, 0.2) is 0 Å². The van der Waals surface area contributed by atoms with Crippen molar-refractivity contribution in [1.29, 1.82) is 0 Å². The van der Waals surface area contributed by atoms with Crippen molar-refractivity contribution in [2.45, 2.75) is 97.7 Å². The minimum atomic E-state index is -0.131. The number of rotatable bonds is 2. The molecule has 10 atom stereocenters. The Labute approximate surface area is 154 Å². The van der Waals surface area contributed by atoms with Crippen LogP contribution in [0.25, 0.3) is 0 Å². The highest BCUT2D eigenvalue weighted by Gasteiger charge is 2.62. The van der Waals surface area contributed by atoms with Crippen molar-refractivity contribution in [1.82, 2.24) is 0 Å². The van der Waals surface area contributed by atoms with Gasteiger partial charge in [-0.25, -0.2) is 0 Å². The van der Waals surface area contributed by atoms with Crippen LogP contribution in [0.15, 0.2) is 0 Å². The summed E-state index contributed by atoms with van der Waals surface area (Å²) < 4.78 is 0. The Bertz CT molecular complexity index is 504. The normalized spacial score (nSPS) is 56.6. The highest BCUT2D eigenvalue weighted by molar-refractivity contribution is 5.11. The first-order valence-corrected chi connectivity index (χ1v) is 11.2. The zero-order valence-electron chi connectivity index (χ0n) is 16.9. The summed E-state index contributed by atoms with van der Waals surface area (Å²) in [5.74, 6) is 4.13. The molecule has 2 N–H and O–H groups in total. The first-order chi connectivity index (χ1) is 11.8. The SMILES string of the molecule is CC[C@@H](C)[C@H]1CCC2[C@H]3C(CC[C@@]21C)[C@@]1(C)CC[C@@H](O)C[C@H]1C[C@H]3O. The van der Waals surface area contributed by atoms with E-state index in [0.29, 0.717) is 28.6 Å². The Morgan fingerprint density at radius 1 is 0.920 bits per heavy atom. The van der Waals surface area contributed by atoms with Crippen molar-refractivity contribution in [2.24, 2.45) is 46.3 Å². The van der Waals surface area contributed by atoms with Gasteiger partial charge < -0.3 is 10.2 Å². The van der Waals surface area contributed by atoms with E-state index in [-0.39, 0.29) is 12.2 Å². The van der Waals surface area contributed by atoms with Gasteiger partial charge in [0.05, 0.1) is 12.2 Å². The van der Waals surface area contributed by atoms with Crippen LogP contribution < -0.4 is 0 Å². The Kier molecular flexibility index (Phi) is 4.56. The molecule has 0 aliphatic heterocycles. The van der Waals surface area contributed by atoms with E-state index in [0.717, 1.165) is 37.0 Å². The Morgan fingerprint density at radius 2 is 1.60 bits per heavy atom. The van der Waals surface area contributed by atoms with Gasteiger partial charge in [0, 0.05) is 0 Å². The number of hydrogen-bond acceptors (Lipinski definition) is 2.